The molecule has 1 N–H and O–H groups in total. The molecule has 3 rings (SSSR count). The highest BCUT2D eigenvalue weighted by molar-refractivity contribution is 5.79. The van der Waals surface area contributed by atoms with Crippen LogP contribution >= 0.6 is 0 Å². The number of carbonyl (C=O) groups is 1. The Bertz CT molecular complexity index is 1060. The van der Waals surface area contributed by atoms with Crippen molar-refractivity contribution in [2.45, 2.75) is 39.7 Å². The molecule has 0 heterocycles. The maximum Gasteiger partial charge on any atom is 0.350 e. The van der Waals surface area contributed by atoms with Gasteiger partial charge < -0.3 is 14.8 Å². The highest BCUT2D eigenvalue weighted by Gasteiger charge is 2.35. The normalized spacial score (nSPS) is 13.2. The Kier molecular flexibility index (Phi) is 8.31. The summed E-state index contributed by atoms with van der Waals surface area (Å²) in [7, 11) is 0. The molecule has 3 aromatic rings. The third-order valence-electron chi connectivity index (χ3n) is 5.74. The molecule has 4 heteroatoms. The van der Waals surface area contributed by atoms with Gasteiger partial charge >= 0.3 is 5.97 Å². The van der Waals surface area contributed by atoms with E-state index in [1.54, 1.807) is 13.8 Å². The summed E-state index contributed by atoms with van der Waals surface area (Å²) in [6, 6.07) is 26.7. The Labute approximate surface area is 197 Å². The first-order valence-electron chi connectivity index (χ1n) is 11.5. The Balaban J connectivity index is 1.56. The smallest absolute Gasteiger partial charge is 0.350 e. The van der Waals surface area contributed by atoms with Crippen LogP contribution in [0.4, 0.5) is 5.69 Å². The Hall–Kier alpha value is -3.53. The van der Waals surface area contributed by atoms with E-state index < -0.39 is 5.60 Å². The summed E-state index contributed by atoms with van der Waals surface area (Å²) in [5, 5.41) is 3.41. The van der Waals surface area contributed by atoms with Crippen LogP contribution < -0.4 is 10.1 Å². The van der Waals surface area contributed by atoms with Gasteiger partial charge in [-0.25, -0.2) is 4.79 Å². The number of allylic oxidation sites excluding steroid dienone is 1. The van der Waals surface area contributed by atoms with Crippen molar-refractivity contribution in [3.8, 4) is 16.9 Å². The first-order chi connectivity index (χ1) is 15.9. The SMILES string of the molecule is CCOC(=O)C(C)(CC)Oc1ccc(NCC=C(C)c2ccc(-c3ccccc3)cc2)cc1. The molecule has 4 nitrogen and oxygen atoms in total. The van der Waals surface area contributed by atoms with E-state index in [9.17, 15) is 4.79 Å². The van der Waals surface area contributed by atoms with Crippen molar-refractivity contribution in [2.24, 2.45) is 0 Å². The van der Waals surface area contributed by atoms with Crippen LogP contribution in [0.2, 0.25) is 0 Å². The lowest BCUT2D eigenvalue weighted by molar-refractivity contribution is -0.160. The minimum atomic E-state index is -0.985. The zero-order valence-electron chi connectivity index (χ0n) is 19.9. The van der Waals surface area contributed by atoms with E-state index in [2.05, 4.69) is 66.8 Å². The summed E-state index contributed by atoms with van der Waals surface area (Å²) in [6.45, 7) is 8.64. The van der Waals surface area contributed by atoms with Gasteiger partial charge in [0.25, 0.3) is 0 Å². The molecule has 0 aliphatic rings. The van der Waals surface area contributed by atoms with Gasteiger partial charge in [-0.15, -0.1) is 0 Å². The molecule has 0 aliphatic carbocycles. The predicted octanol–water partition coefficient (Wildman–Crippen LogP) is 6.98. The third-order valence-corrected chi connectivity index (χ3v) is 5.74. The fourth-order valence-corrected chi connectivity index (χ4v) is 3.44. The summed E-state index contributed by atoms with van der Waals surface area (Å²) in [6.07, 6.45) is 2.71. The fourth-order valence-electron chi connectivity index (χ4n) is 3.44. The molecule has 1 atom stereocenters. The Morgan fingerprint density at radius 3 is 2.15 bits per heavy atom. The van der Waals surface area contributed by atoms with Crippen LogP contribution in [-0.2, 0) is 9.53 Å². The van der Waals surface area contributed by atoms with Crippen LogP contribution in [0.5, 0.6) is 5.75 Å². The van der Waals surface area contributed by atoms with Gasteiger partial charge in [-0.3, -0.25) is 0 Å². The average Bonchev–Trinajstić information content (AvgIpc) is 2.85. The summed E-state index contributed by atoms with van der Waals surface area (Å²) < 4.78 is 11.1. The monoisotopic (exact) mass is 443 g/mol. The molecule has 0 aliphatic heterocycles. The second-order valence-electron chi connectivity index (χ2n) is 8.14. The van der Waals surface area contributed by atoms with Crippen molar-refractivity contribution in [3.05, 3.63) is 90.5 Å². The molecule has 3 aromatic carbocycles. The van der Waals surface area contributed by atoms with Gasteiger partial charge in [-0.05, 0) is 73.7 Å². The second kappa shape index (κ2) is 11.4. The van der Waals surface area contributed by atoms with E-state index in [1.165, 1.54) is 22.3 Å². The largest absolute Gasteiger partial charge is 0.476 e. The standard InChI is InChI=1S/C29H33NO3/c1-5-29(4,28(31)32-6-2)33-27-18-16-26(17-19-27)30-21-20-22(3)23-12-14-25(15-13-23)24-10-8-7-9-11-24/h7-20,30H,5-6,21H2,1-4H3. The Morgan fingerprint density at radius 2 is 1.55 bits per heavy atom. The van der Waals surface area contributed by atoms with Crippen LogP contribution in [-0.4, -0.2) is 24.7 Å². The van der Waals surface area contributed by atoms with E-state index in [0.717, 1.165) is 5.69 Å². The Morgan fingerprint density at radius 1 is 0.909 bits per heavy atom. The van der Waals surface area contributed by atoms with Gasteiger partial charge in [-0.1, -0.05) is 67.6 Å². The third kappa shape index (κ3) is 6.48. The van der Waals surface area contributed by atoms with Gasteiger partial charge in [0.1, 0.15) is 5.75 Å². The number of ether oxygens (including phenoxy) is 2. The molecule has 1 unspecified atom stereocenters. The topological polar surface area (TPSA) is 47.6 Å². The van der Waals surface area contributed by atoms with Gasteiger partial charge in [0.2, 0.25) is 5.60 Å². The van der Waals surface area contributed by atoms with Crippen LogP contribution in [0.3, 0.4) is 0 Å². The minimum Gasteiger partial charge on any atom is -0.476 e. The molecule has 0 saturated heterocycles. The van der Waals surface area contributed by atoms with Gasteiger partial charge in [0.05, 0.1) is 6.61 Å². The molecule has 0 fully saturated rings. The number of hydrogen-bond acceptors (Lipinski definition) is 4. The van der Waals surface area contributed by atoms with Crippen LogP contribution in [0.15, 0.2) is 84.9 Å². The predicted molar refractivity (Wildman–Crippen MR) is 136 cm³/mol. The minimum absolute atomic E-state index is 0.338. The lowest BCUT2D eigenvalue weighted by atomic mass is 10.0. The quantitative estimate of drug-likeness (QED) is 0.343. The highest BCUT2D eigenvalue weighted by atomic mass is 16.6. The zero-order valence-corrected chi connectivity index (χ0v) is 19.9. The van der Waals surface area contributed by atoms with Gasteiger partial charge in [0.15, 0.2) is 0 Å². The molecule has 33 heavy (non-hydrogen) atoms. The molecule has 0 saturated carbocycles. The molecule has 0 radical (unpaired) electrons. The fraction of sp³-hybridized carbons (Fsp3) is 0.276. The van der Waals surface area contributed by atoms with Gasteiger partial charge in [0, 0.05) is 12.2 Å². The van der Waals surface area contributed by atoms with Crippen LogP contribution in [0, 0.1) is 0 Å². The van der Waals surface area contributed by atoms with E-state index in [4.69, 9.17) is 9.47 Å². The first kappa shape index (κ1) is 24.1. The molecule has 0 bridgehead atoms. The number of carbonyl (C=O) groups excluding carboxylic acids is 1. The van der Waals surface area contributed by atoms with Crippen molar-refractivity contribution in [2.75, 3.05) is 18.5 Å². The second-order valence-corrected chi connectivity index (χ2v) is 8.14. The number of rotatable bonds is 10. The molecule has 172 valence electrons. The molecule has 0 spiro atoms. The van der Waals surface area contributed by atoms with Gasteiger partial charge in [-0.2, -0.15) is 0 Å². The molecule has 0 aromatic heterocycles. The van der Waals surface area contributed by atoms with Crippen molar-refractivity contribution >= 4 is 17.2 Å². The maximum absolute atomic E-state index is 12.2. The summed E-state index contributed by atoms with van der Waals surface area (Å²) in [5.41, 5.74) is 4.87. The first-order valence-corrected chi connectivity index (χ1v) is 11.5. The van der Waals surface area contributed by atoms with Crippen molar-refractivity contribution < 1.29 is 14.3 Å². The lowest BCUT2D eigenvalue weighted by Gasteiger charge is -2.27. The summed E-state index contributed by atoms with van der Waals surface area (Å²) >= 11 is 0. The highest BCUT2D eigenvalue weighted by Crippen LogP contribution is 2.25. The van der Waals surface area contributed by atoms with Crippen molar-refractivity contribution in [1.82, 2.24) is 0 Å². The number of hydrogen-bond donors (Lipinski definition) is 1. The molecular formula is C29H33NO3. The zero-order chi connectivity index (χ0) is 23.7. The van der Waals surface area contributed by atoms with E-state index in [1.807, 2.05) is 37.3 Å². The van der Waals surface area contributed by atoms with E-state index >= 15 is 0 Å². The number of anilines is 1. The summed E-state index contributed by atoms with van der Waals surface area (Å²) in [5.74, 6) is 0.301. The molecular weight excluding hydrogens is 410 g/mol. The maximum atomic E-state index is 12.2. The number of nitrogens with one attached hydrogen (secondary N) is 1. The summed E-state index contributed by atoms with van der Waals surface area (Å²) in [4.78, 5) is 12.2. The number of benzene rings is 3. The van der Waals surface area contributed by atoms with E-state index in [-0.39, 0.29) is 5.97 Å². The van der Waals surface area contributed by atoms with Crippen LogP contribution in [0.1, 0.15) is 39.7 Å². The average molecular weight is 444 g/mol. The lowest BCUT2D eigenvalue weighted by Crippen LogP contribution is -2.42. The van der Waals surface area contributed by atoms with Crippen molar-refractivity contribution in [1.29, 1.82) is 0 Å². The van der Waals surface area contributed by atoms with Crippen LogP contribution in [0.25, 0.3) is 16.7 Å². The number of esters is 1. The van der Waals surface area contributed by atoms with E-state index in [0.29, 0.717) is 25.3 Å². The molecule has 0 amide bonds. The van der Waals surface area contributed by atoms with Crippen molar-refractivity contribution in [3.63, 3.8) is 0 Å².